The van der Waals surface area contributed by atoms with E-state index in [-0.39, 0.29) is 5.56 Å². The maximum absolute atomic E-state index is 13.2. The molecular formula is C23H27ClN3O3S+. The van der Waals surface area contributed by atoms with Crippen LogP contribution in [0.4, 0.5) is 0 Å². The lowest BCUT2D eigenvalue weighted by atomic mass is 10.2. The van der Waals surface area contributed by atoms with Crippen molar-refractivity contribution in [1.29, 1.82) is 0 Å². The molecule has 1 aromatic heterocycles. The van der Waals surface area contributed by atoms with Gasteiger partial charge in [0.2, 0.25) is 0 Å². The fraction of sp³-hybridized carbons (Fsp3) is 0.391. The van der Waals surface area contributed by atoms with Gasteiger partial charge in [-0.05, 0) is 36.4 Å². The molecule has 0 bridgehead atoms. The molecule has 2 aromatic carbocycles. The molecule has 1 N–H and O–H groups in total. The van der Waals surface area contributed by atoms with Crippen LogP contribution in [0.15, 0.2) is 58.5 Å². The Kier molecular flexibility index (Phi) is 7.86. The molecule has 0 unspecified atom stereocenters. The summed E-state index contributed by atoms with van der Waals surface area (Å²) in [5.74, 6) is 1.48. The molecule has 0 atom stereocenters. The van der Waals surface area contributed by atoms with Crippen LogP contribution in [0.25, 0.3) is 10.9 Å². The number of halogens is 1. The Bertz CT molecular complexity index is 1050. The molecule has 31 heavy (non-hydrogen) atoms. The van der Waals surface area contributed by atoms with E-state index < -0.39 is 0 Å². The number of nitrogens with one attached hydrogen (secondary N) is 1. The number of benzene rings is 2. The summed E-state index contributed by atoms with van der Waals surface area (Å²) >= 11 is 7.47. The first-order valence-electron chi connectivity index (χ1n) is 10.6. The first kappa shape index (κ1) is 22.1. The summed E-state index contributed by atoms with van der Waals surface area (Å²) in [6, 6.07) is 14.9. The van der Waals surface area contributed by atoms with Gasteiger partial charge in [-0.25, -0.2) is 4.98 Å². The summed E-state index contributed by atoms with van der Waals surface area (Å²) < 4.78 is 13.1. The van der Waals surface area contributed by atoms with Crippen LogP contribution in [0.2, 0.25) is 5.02 Å². The van der Waals surface area contributed by atoms with Gasteiger partial charge in [-0.1, -0.05) is 35.5 Å². The van der Waals surface area contributed by atoms with Gasteiger partial charge in [0.05, 0.1) is 37.3 Å². The van der Waals surface area contributed by atoms with Gasteiger partial charge in [-0.3, -0.25) is 9.36 Å². The van der Waals surface area contributed by atoms with Crippen LogP contribution >= 0.6 is 23.4 Å². The second-order valence-corrected chi connectivity index (χ2v) is 8.98. The van der Waals surface area contributed by atoms with Gasteiger partial charge in [0.25, 0.3) is 5.56 Å². The summed E-state index contributed by atoms with van der Waals surface area (Å²) in [5.41, 5.74) is 0.771. The molecule has 0 aliphatic carbocycles. The third-order valence-electron chi connectivity index (χ3n) is 5.34. The molecule has 1 fully saturated rings. The highest BCUT2D eigenvalue weighted by Gasteiger charge is 2.15. The van der Waals surface area contributed by atoms with E-state index >= 15 is 0 Å². The summed E-state index contributed by atoms with van der Waals surface area (Å²) in [7, 11) is 0. The van der Waals surface area contributed by atoms with Crippen molar-refractivity contribution in [1.82, 2.24) is 9.55 Å². The monoisotopic (exact) mass is 460 g/mol. The molecule has 3 aromatic rings. The highest BCUT2D eigenvalue weighted by Crippen LogP contribution is 2.19. The summed E-state index contributed by atoms with van der Waals surface area (Å²) in [5, 5.41) is 2.10. The van der Waals surface area contributed by atoms with Crippen molar-refractivity contribution in [2.24, 2.45) is 0 Å². The number of nitrogens with zero attached hydrogens (tertiary/aromatic N) is 2. The fourth-order valence-electron chi connectivity index (χ4n) is 3.68. The van der Waals surface area contributed by atoms with Gasteiger partial charge in [0.1, 0.15) is 18.8 Å². The van der Waals surface area contributed by atoms with Crippen LogP contribution < -0.4 is 15.2 Å². The topological polar surface area (TPSA) is 57.8 Å². The Balaban J connectivity index is 1.42. The van der Waals surface area contributed by atoms with E-state index in [1.54, 1.807) is 16.7 Å². The van der Waals surface area contributed by atoms with E-state index in [0.29, 0.717) is 29.3 Å². The zero-order chi connectivity index (χ0) is 21.5. The molecule has 0 saturated carbocycles. The molecule has 6 nitrogen and oxygen atoms in total. The predicted molar refractivity (Wildman–Crippen MR) is 125 cm³/mol. The Labute approximate surface area is 191 Å². The number of para-hydroxylation sites is 1. The normalized spacial score (nSPS) is 14.7. The molecule has 2 heterocycles. The van der Waals surface area contributed by atoms with Crippen LogP contribution in [0, 0.1) is 0 Å². The smallest absolute Gasteiger partial charge is 0.262 e. The van der Waals surface area contributed by atoms with Crippen LogP contribution in [0.5, 0.6) is 5.75 Å². The number of aromatic nitrogens is 2. The minimum atomic E-state index is 0.0312. The number of hydrogen-bond acceptors (Lipinski definition) is 5. The lowest BCUT2D eigenvalue weighted by Gasteiger charge is -2.24. The van der Waals surface area contributed by atoms with E-state index in [1.807, 2.05) is 53.1 Å². The summed E-state index contributed by atoms with van der Waals surface area (Å²) in [6.45, 7) is 5.94. The first-order valence-corrected chi connectivity index (χ1v) is 12.0. The number of hydrogen-bond donors (Lipinski definition) is 1. The molecule has 0 radical (unpaired) electrons. The van der Waals surface area contributed by atoms with Crippen LogP contribution in [-0.2, 0) is 11.3 Å². The largest absolute Gasteiger partial charge is 0.493 e. The van der Waals surface area contributed by atoms with Crippen LogP contribution in [0.1, 0.15) is 6.42 Å². The third-order valence-corrected chi connectivity index (χ3v) is 6.53. The molecule has 8 heteroatoms. The predicted octanol–water partition coefficient (Wildman–Crippen LogP) is 2.53. The minimum Gasteiger partial charge on any atom is -0.493 e. The maximum atomic E-state index is 13.2. The molecular weight excluding hydrogens is 434 g/mol. The number of fused-ring (bicyclic) bond motifs is 1. The van der Waals surface area contributed by atoms with Crippen molar-refractivity contribution in [3.63, 3.8) is 0 Å². The lowest BCUT2D eigenvalue weighted by molar-refractivity contribution is -0.908. The zero-order valence-electron chi connectivity index (χ0n) is 17.4. The minimum absolute atomic E-state index is 0.0312. The third kappa shape index (κ3) is 6.01. The van der Waals surface area contributed by atoms with E-state index in [2.05, 4.69) is 0 Å². The van der Waals surface area contributed by atoms with Gasteiger partial charge in [-0.2, -0.15) is 0 Å². The molecule has 1 aliphatic rings. The number of thioether (sulfide) groups is 1. The van der Waals surface area contributed by atoms with Gasteiger partial charge < -0.3 is 14.4 Å². The summed E-state index contributed by atoms with van der Waals surface area (Å²) in [4.78, 5) is 19.5. The lowest BCUT2D eigenvalue weighted by Crippen LogP contribution is -3.14. The van der Waals surface area contributed by atoms with Gasteiger partial charge >= 0.3 is 0 Å². The van der Waals surface area contributed by atoms with Crippen LogP contribution in [0.3, 0.4) is 0 Å². The number of quaternary nitrogens is 1. The average Bonchev–Trinajstić information content (AvgIpc) is 2.80. The van der Waals surface area contributed by atoms with Crippen LogP contribution in [-0.4, -0.2) is 54.8 Å². The van der Waals surface area contributed by atoms with Crippen molar-refractivity contribution in [2.45, 2.75) is 18.1 Å². The van der Waals surface area contributed by atoms with Crippen molar-refractivity contribution < 1.29 is 14.4 Å². The molecule has 0 amide bonds. The zero-order valence-corrected chi connectivity index (χ0v) is 19.0. The van der Waals surface area contributed by atoms with Gasteiger partial charge in [0.15, 0.2) is 5.16 Å². The first-order chi connectivity index (χ1) is 15.2. The van der Waals surface area contributed by atoms with Gasteiger partial charge in [-0.15, -0.1) is 0 Å². The molecule has 1 aliphatic heterocycles. The second kappa shape index (κ2) is 11.0. The van der Waals surface area contributed by atoms with Gasteiger partial charge in [0, 0.05) is 23.7 Å². The Morgan fingerprint density at radius 1 is 1.13 bits per heavy atom. The quantitative estimate of drug-likeness (QED) is 0.302. The molecule has 4 rings (SSSR count). The summed E-state index contributed by atoms with van der Waals surface area (Å²) in [6.07, 6.45) is 0.935. The molecule has 1 saturated heterocycles. The Morgan fingerprint density at radius 3 is 2.71 bits per heavy atom. The van der Waals surface area contributed by atoms with E-state index in [9.17, 15) is 4.79 Å². The molecule has 0 spiro atoms. The SMILES string of the molecule is O=c1c2ccccc2nc(SCCOc2ccc(Cl)cc2)n1CCC[NH+]1CCOCC1. The highest BCUT2D eigenvalue weighted by atomic mass is 35.5. The van der Waals surface area contributed by atoms with Crippen molar-refractivity contribution in [2.75, 3.05) is 45.2 Å². The number of ether oxygens (including phenoxy) is 2. The van der Waals surface area contributed by atoms with E-state index in [4.69, 9.17) is 26.1 Å². The second-order valence-electron chi connectivity index (χ2n) is 7.49. The van der Waals surface area contributed by atoms with Crippen molar-refractivity contribution >= 4 is 34.3 Å². The Morgan fingerprint density at radius 2 is 1.90 bits per heavy atom. The van der Waals surface area contributed by atoms with E-state index in [0.717, 1.165) is 55.7 Å². The standard InChI is InChI=1S/C23H26ClN3O3S/c24-18-6-8-19(9-7-18)30-16-17-31-23-25-21-5-2-1-4-20(21)22(28)27(23)11-3-10-26-12-14-29-15-13-26/h1-2,4-9H,3,10-17H2/p+1. The van der Waals surface area contributed by atoms with Crippen molar-refractivity contribution in [3.05, 3.63) is 63.9 Å². The average molecular weight is 461 g/mol. The van der Waals surface area contributed by atoms with E-state index in [1.165, 1.54) is 0 Å². The van der Waals surface area contributed by atoms with Crippen molar-refractivity contribution in [3.8, 4) is 5.75 Å². The Hall–Kier alpha value is -2.06. The number of rotatable bonds is 9. The highest BCUT2D eigenvalue weighted by molar-refractivity contribution is 7.99. The molecule has 164 valence electrons. The fourth-order valence-corrected chi connectivity index (χ4v) is 4.64. The number of morpholine rings is 1. The maximum Gasteiger partial charge on any atom is 0.262 e.